The minimum Gasteiger partial charge on any atom is -0.491 e. The molecule has 1 aromatic carbocycles. The Bertz CT molecular complexity index is 461. The van der Waals surface area contributed by atoms with Crippen LogP contribution in [-0.2, 0) is 0 Å². The van der Waals surface area contributed by atoms with Gasteiger partial charge in [0.25, 0.3) is 5.91 Å². The Balaban J connectivity index is 2.88. The van der Waals surface area contributed by atoms with Gasteiger partial charge in [-0.1, -0.05) is 18.3 Å². The number of nitrogens with zero attached hydrogens (tertiary/aromatic N) is 1. The van der Waals surface area contributed by atoms with Crippen molar-refractivity contribution in [1.29, 1.82) is 0 Å². The second-order valence-corrected chi connectivity index (χ2v) is 5.00. The van der Waals surface area contributed by atoms with E-state index < -0.39 is 0 Å². The van der Waals surface area contributed by atoms with Gasteiger partial charge in [-0.05, 0) is 39.0 Å². The summed E-state index contributed by atoms with van der Waals surface area (Å²) >= 11 is 4.85. The van der Waals surface area contributed by atoms with Crippen LogP contribution < -0.4 is 10.5 Å². The van der Waals surface area contributed by atoms with Gasteiger partial charge in [-0.2, -0.15) is 0 Å². The molecule has 0 saturated carbocycles. The van der Waals surface area contributed by atoms with Crippen LogP contribution in [0.2, 0.25) is 0 Å². The molecule has 1 aromatic rings. The number of carbonyl (C=O) groups is 1. The van der Waals surface area contributed by atoms with Gasteiger partial charge in [0.2, 0.25) is 0 Å². The van der Waals surface area contributed by atoms with Gasteiger partial charge >= 0.3 is 0 Å². The molecule has 0 saturated heterocycles. The van der Waals surface area contributed by atoms with Crippen LogP contribution in [-0.4, -0.2) is 35.0 Å². The lowest BCUT2D eigenvalue weighted by Crippen LogP contribution is -2.37. The molecule has 0 fully saturated rings. The van der Waals surface area contributed by atoms with Crippen molar-refractivity contribution in [2.24, 2.45) is 5.73 Å². The molecule has 1 rings (SSSR count). The van der Waals surface area contributed by atoms with Gasteiger partial charge in [0.05, 0.1) is 17.6 Å². The first-order valence-electron chi connectivity index (χ1n) is 6.28. The summed E-state index contributed by atoms with van der Waals surface area (Å²) in [5, 5.41) is 0. The van der Waals surface area contributed by atoms with E-state index in [0.717, 1.165) is 0 Å². The van der Waals surface area contributed by atoms with E-state index in [1.807, 2.05) is 26.8 Å². The molecule has 0 bridgehead atoms. The molecule has 0 radical (unpaired) electrons. The highest BCUT2D eigenvalue weighted by atomic mass is 32.1. The quantitative estimate of drug-likeness (QED) is 0.812. The van der Waals surface area contributed by atoms with Gasteiger partial charge in [-0.25, -0.2) is 0 Å². The Labute approximate surface area is 119 Å². The Hall–Kier alpha value is -1.62. The summed E-state index contributed by atoms with van der Waals surface area (Å²) in [5.74, 6) is 0.594. The summed E-state index contributed by atoms with van der Waals surface area (Å²) in [4.78, 5) is 14.2. The zero-order chi connectivity index (χ0) is 14.4. The molecule has 2 N–H and O–H groups in total. The Morgan fingerprint density at radius 1 is 1.47 bits per heavy atom. The van der Waals surface area contributed by atoms with E-state index in [9.17, 15) is 4.79 Å². The molecule has 4 nitrogen and oxygen atoms in total. The first kappa shape index (κ1) is 15.4. The Morgan fingerprint density at radius 2 is 2.16 bits per heavy atom. The average molecular weight is 280 g/mol. The van der Waals surface area contributed by atoms with Crippen LogP contribution >= 0.6 is 12.2 Å². The van der Waals surface area contributed by atoms with Gasteiger partial charge in [0.1, 0.15) is 5.75 Å². The van der Waals surface area contributed by atoms with Crippen molar-refractivity contribution >= 4 is 23.1 Å². The Morgan fingerprint density at radius 3 is 2.68 bits per heavy atom. The summed E-state index contributed by atoms with van der Waals surface area (Å²) in [5.41, 5.74) is 6.07. The van der Waals surface area contributed by atoms with E-state index in [1.54, 1.807) is 23.1 Å². The molecular formula is C14H20N2O2S. The molecule has 0 aromatic heterocycles. The molecule has 0 unspecified atom stereocenters. The number of hydrogen-bond donors (Lipinski definition) is 1. The minimum absolute atomic E-state index is 0.0734. The zero-order valence-corrected chi connectivity index (χ0v) is 12.4. The highest BCUT2D eigenvalue weighted by Gasteiger charge is 2.15. The summed E-state index contributed by atoms with van der Waals surface area (Å²) in [6.45, 7) is 6.63. The molecule has 19 heavy (non-hydrogen) atoms. The molecule has 0 aliphatic rings. The Kier molecular flexibility index (Phi) is 5.76. The highest BCUT2D eigenvalue weighted by molar-refractivity contribution is 7.80. The fourth-order valence-electron chi connectivity index (χ4n) is 1.67. The molecule has 5 heteroatoms. The number of amides is 1. The third-order valence-corrected chi connectivity index (χ3v) is 2.60. The molecule has 0 atom stereocenters. The number of thiocarbonyl (C=S) groups is 1. The topological polar surface area (TPSA) is 55.6 Å². The molecule has 0 spiro atoms. The van der Waals surface area contributed by atoms with Gasteiger partial charge in [-0.3, -0.25) is 4.79 Å². The van der Waals surface area contributed by atoms with E-state index >= 15 is 0 Å². The molecule has 0 aliphatic heterocycles. The lowest BCUT2D eigenvalue weighted by molar-refractivity contribution is 0.0787. The first-order chi connectivity index (χ1) is 8.93. The van der Waals surface area contributed by atoms with E-state index in [2.05, 4.69) is 0 Å². The number of likely N-dealkylation sites (N-methyl/N-ethyl adjacent to an activating group) is 1. The van der Waals surface area contributed by atoms with Crippen LogP contribution in [0, 0.1) is 0 Å². The lowest BCUT2D eigenvalue weighted by Gasteiger charge is -2.20. The van der Waals surface area contributed by atoms with E-state index in [-0.39, 0.29) is 12.0 Å². The number of ether oxygens (including phenoxy) is 1. The molecular weight excluding hydrogens is 260 g/mol. The number of rotatable bonds is 6. The monoisotopic (exact) mass is 280 g/mol. The molecule has 1 amide bonds. The number of hydrogen-bond acceptors (Lipinski definition) is 3. The van der Waals surface area contributed by atoms with Gasteiger partial charge in [-0.15, -0.1) is 0 Å². The normalized spacial score (nSPS) is 10.3. The van der Waals surface area contributed by atoms with Gasteiger partial charge in [0, 0.05) is 12.1 Å². The van der Waals surface area contributed by atoms with Crippen molar-refractivity contribution in [3.8, 4) is 5.75 Å². The predicted molar refractivity (Wildman–Crippen MR) is 80.6 cm³/mol. The SMILES string of the molecule is CCN(CC(N)=S)C(=O)c1cccc(OC(C)C)c1. The van der Waals surface area contributed by atoms with Crippen molar-refractivity contribution in [2.75, 3.05) is 13.1 Å². The summed E-state index contributed by atoms with van der Waals surface area (Å²) < 4.78 is 5.58. The van der Waals surface area contributed by atoms with E-state index in [4.69, 9.17) is 22.7 Å². The molecule has 104 valence electrons. The summed E-state index contributed by atoms with van der Waals surface area (Å²) in [6, 6.07) is 7.14. The van der Waals surface area contributed by atoms with Crippen LogP contribution in [0.4, 0.5) is 0 Å². The second kappa shape index (κ2) is 7.09. The second-order valence-electron chi connectivity index (χ2n) is 4.48. The minimum atomic E-state index is -0.0930. The van der Waals surface area contributed by atoms with Gasteiger partial charge < -0.3 is 15.4 Å². The molecule has 0 aliphatic carbocycles. The summed E-state index contributed by atoms with van der Waals surface area (Å²) in [7, 11) is 0. The maximum atomic E-state index is 12.3. The van der Waals surface area contributed by atoms with E-state index in [0.29, 0.717) is 29.4 Å². The zero-order valence-electron chi connectivity index (χ0n) is 11.6. The van der Waals surface area contributed by atoms with Crippen LogP contribution in [0.15, 0.2) is 24.3 Å². The van der Waals surface area contributed by atoms with Crippen molar-refractivity contribution in [2.45, 2.75) is 26.9 Å². The summed E-state index contributed by atoms with van der Waals surface area (Å²) in [6.07, 6.45) is 0.0734. The van der Waals surface area contributed by atoms with Crippen LogP contribution in [0.1, 0.15) is 31.1 Å². The standard InChI is InChI=1S/C14H20N2O2S/c1-4-16(9-13(15)19)14(17)11-6-5-7-12(8-11)18-10(2)3/h5-8,10H,4,9H2,1-3H3,(H2,15,19). The van der Waals surface area contributed by atoms with Crippen LogP contribution in [0.3, 0.4) is 0 Å². The lowest BCUT2D eigenvalue weighted by atomic mass is 10.2. The fourth-order valence-corrected chi connectivity index (χ4v) is 1.83. The highest BCUT2D eigenvalue weighted by Crippen LogP contribution is 2.16. The smallest absolute Gasteiger partial charge is 0.254 e. The largest absolute Gasteiger partial charge is 0.491 e. The average Bonchev–Trinajstić information content (AvgIpc) is 2.34. The van der Waals surface area contributed by atoms with Crippen molar-refractivity contribution in [1.82, 2.24) is 4.90 Å². The van der Waals surface area contributed by atoms with Crippen molar-refractivity contribution in [3.05, 3.63) is 29.8 Å². The maximum absolute atomic E-state index is 12.3. The predicted octanol–water partition coefficient (Wildman–Crippen LogP) is 2.22. The van der Waals surface area contributed by atoms with E-state index in [1.165, 1.54) is 0 Å². The number of nitrogens with two attached hydrogens (primary N) is 1. The maximum Gasteiger partial charge on any atom is 0.254 e. The molecule has 0 heterocycles. The van der Waals surface area contributed by atoms with Gasteiger partial charge in [0.15, 0.2) is 0 Å². The number of carbonyl (C=O) groups excluding carboxylic acids is 1. The third kappa shape index (κ3) is 4.87. The van der Waals surface area contributed by atoms with Crippen LogP contribution in [0.5, 0.6) is 5.75 Å². The third-order valence-electron chi connectivity index (χ3n) is 2.47. The first-order valence-corrected chi connectivity index (χ1v) is 6.69. The van der Waals surface area contributed by atoms with Crippen molar-refractivity contribution in [3.63, 3.8) is 0 Å². The van der Waals surface area contributed by atoms with Crippen molar-refractivity contribution < 1.29 is 9.53 Å². The van der Waals surface area contributed by atoms with Crippen LogP contribution in [0.25, 0.3) is 0 Å². The fraction of sp³-hybridized carbons (Fsp3) is 0.429. The number of benzene rings is 1.